The van der Waals surface area contributed by atoms with E-state index in [2.05, 4.69) is 0 Å². The minimum absolute atomic E-state index is 0.183. The smallest absolute Gasteiger partial charge is 0.338 e. The van der Waals surface area contributed by atoms with E-state index < -0.39 is 33.3 Å². The third-order valence-corrected chi connectivity index (χ3v) is 4.23. The van der Waals surface area contributed by atoms with Crippen molar-refractivity contribution in [1.82, 2.24) is 0 Å². The molecule has 0 aliphatic carbocycles. The van der Waals surface area contributed by atoms with Gasteiger partial charge in [-0.25, -0.2) is 22.0 Å². The number of carbonyl (C=O) groups excluding carboxylic acids is 1. The van der Waals surface area contributed by atoms with Crippen LogP contribution < -0.4 is 4.72 Å². The third kappa shape index (κ3) is 4.04. The monoisotopic (exact) mass is 341 g/mol. The highest BCUT2D eigenvalue weighted by atomic mass is 32.2. The van der Waals surface area contributed by atoms with Crippen molar-refractivity contribution in [3.8, 4) is 0 Å². The molecule has 0 saturated carbocycles. The molecule has 0 fully saturated rings. The molecule has 0 radical (unpaired) electrons. The van der Waals surface area contributed by atoms with Crippen LogP contribution in [0.5, 0.6) is 0 Å². The first-order valence-electron chi connectivity index (χ1n) is 6.58. The molecule has 0 amide bonds. The molecule has 2 rings (SSSR count). The molecular formula is C15H13F2NO4S. The number of benzene rings is 2. The van der Waals surface area contributed by atoms with Gasteiger partial charge in [-0.05, 0) is 43.3 Å². The second kappa shape index (κ2) is 6.74. The zero-order chi connectivity index (χ0) is 17.0. The van der Waals surface area contributed by atoms with Crippen LogP contribution in [0.4, 0.5) is 14.5 Å². The van der Waals surface area contributed by atoms with E-state index in [0.717, 1.165) is 18.2 Å². The average Bonchev–Trinajstić information content (AvgIpc) is 2.51. The highest BCUT2D eigenvalue weighted by Crippen LogP contribution is 2.20. The van der Waals surface area contributed by atoms with Crippen molar-refractivity contribution in [2.24, 2.45) is 0 Å². The normalized spacial score (nSPS) is 11.1. The summed E-state index contributed by atoms with van der Waals surface area (Å²) < 4.78 is 57.7. The molecule has 122 valence electrons. The van der Waals surface area contributed by atoms with E-state index in [0.29, 0.717) is 0 Å². The summed E-state index contributed by atoms with van der Waals surface area (Å²) in [5.74, 6) is -2.26. The van der Waals surface area contributed by atoms with Crippen LogP contribution in [0.25, 0.3) is 0 Å². The molecule has 0 aliphatic rings. The molecule has 2 aromatic rings. The van der Waals surface area contributed by atoms with Crippen LogP contribution in [-0.4, -0.2) is 21.0 Å². The zero-order valence-electron chi connectivity index (χ0n) is 12.0. The second-order valence-electron chi connectivity index (χ2n) is 4.47. The third-order valence-electron chi connectivity index (χ3n) is 2.85. The number of rotatable bonds is 5. The molecule has 0 saturated heterocycles. The van der Waals surface area contributed by atoms with E-state index >= 15 is 0 Å². The van der Waals surface area contributed by atoms with E-state index in [4.69, 9.17) is 4.74 Å². The summed E-state index contributed by atoms with van der Waals surface area (Å²) in [5, 5.41) is 0. The molecule has 0 atom stereocenters. The van der Waals surface area contributed by atoms with Crippen molar-refractivity contribution < 1.29 is 26.7 Å². The number of sulfonamides is 1. The maximum atomic E-state index is 13.5. The Bertz CT molecular complexity index is 820. The molecule has 0 heterocycles. The minimum Gasteiger partial charge on any atom is -0.462 e. The van der Waals surface area contributed by atoms with Gasteiger partial charge in [0.1, 0.15) is 11.6 Å². The van der Waals surface area contributed by atoms with Gasteiger partial charge in [0.2, 0.25) is 0 Å². The first kappa shape index (κ1) is 16.9. The molecule has 5 nitrogen and oxygen atoms in total. The summed E-state index contributed by atoms with van der Waals surface area (Å²) >= 11 is 0. The van der Waals surface area contributed by atoms with Crippen LogP contribution in [0.2, 0.25) is 0 Å². The summed E-state index contributed by atoms with van der Waals surface area (Å²) in [7, 11) is -4.12. The molecule has 0 aromatic heterocycles. The van der Waals surface area contributed by atoms with E-state index in [1.807, 2.05) is 4.72 Å². The fourth-order valence-electron chi connectivity index (χ4n) is 1.76. The van der Waals surface area contributed by atoms with E-state index in [1.165, 1.54) is 24.3 Å². The largest absolute Gasteiger partial charge is 0.462 e. The van der Waals surface area contributed by atoms with Gasteiger partial charge in [0.15, 0.2) is 0 Å². The van der Waals surface area contributed by atoms with E-state index in [1.54, 1.807) is 6.92 Å². The van der Waals surface area contributed by atoms with Gasteiger partial charge in [0.25, 0.3) is 10.0 Å². The van der Waals surface area contributed by atoms with Crippen LogP contribution in [-0.2, 0) is 14.8 Å². The van der Waals surface area contributed by atoms with Crippen molar-refractivity contribution in [2.45, 2.75) is 11.8 Å². The van der Waals surface area contributed by atoms with Crippen LogP contribution in [0.1, 0.15) is 17.3 Å². The Morgan fingerprint density at radius 3 is 2.39 bits per heavy atom. The van der Waals surface area contributed by atoms with Gasteiger partial charge in [0, 0.05) is 6.07 Å². The lowest BCUT2D eigenvalue weighted by molar-refractivity contribution is 0.0526. The van der Waals surface area contributed by atoms with Gasteiger partial charge in [-0.1, -0.05) is 0 Å². The van der Waals surface area contributed by atoms with Gasteiger partial charge in [-0.2, -0.15) is 0 Å². The number of carbonyl (C=O) groups is 1. The number of hydrogen-bond acceptors (Lipinski definition) is 4. The SMILES string of the molecule is CCOC(=O)c1ccc(S(=O)(=O)Nc2cc(F)ccc2F)cc1. The fourth-order valence-corrected chi connectivity index (χ4v) is 2.82. The molecule has 0 unspecified atom stereocenters. The van der Waals surface area contributed by atoms with Crippen LogP contribution in [0.15, 0.2) is 47.4 Å². The zero-order valence-corrected chi connectivity index (χ0v) is 12.9. The van der Waals surface area contributed by atoms with Crippen molar-refractivity contribution in [3.05, 3.63) is 59.7 Å². The molecule has 0 aliphatic heterocycles. The molecule has 0 spiro atoms. The lowest BCUT2D eigenvalue weighted by atomic mass is 10.2. The Kier molecular flexibility index (Phi) is 4.95. The van der Waals surface area contributed by atoms with Crippen molar-refractivity contribution >= 4 is 21.7 Å². The molecular weight excluding hydrogens is 328 g/mol. The summed E-state index contributed by atoms with van der Waals surface area (Å²) in [6, 6.07) is 7.32. The van der Waals surface area contributed by atoms with Gasteiger partial charge in [-0.3, -0.25) is 4.72 Å². The molecule has 1 N–H and O–H groups in total. The quantitative estimate of drug-likeness (QED) is 0.849. The Labute approximate surface area is 132 Å². The van der Waals surface area contributed by atoms with Crippen molar-refractivity contribution in [1.29, 1.82) is 0 Å². The first-order chi connectivity index (χ1) is 10.8. The molecule has 2 aromatic carbocycles. The first-order valence-corrected chi connectivity index (χ1v) is 8.07. The van der Waals surface area contributed by atoms with Gasteiger partial charge < -0.3 is 4.74 Å². The predicted molar refractivity (Wildman–Crippen MR) is 79.6 cm³/mol. The Morgan fingerprint density at radius 1 is 1.13 bits per heavy atom. The molecule has 8 heteroatoms. The lowest BCUT2D eigenvalue weighted by Gasteiger charge is -2.09. The number of nitrogens with one attached hydrogen (secondary N) is 1. The highest BCUT2D eigenvalue weighted by Gasteiger charge is 2.17. The minimum atomic E-state index is -4.12. The highest BCUT2D eigenvalue weighted by molar-refractivity contribution is 7.92. The number of ether oxygens (including phenoxy) is 1. The summed E-state index contributed by atoms with van der Waals surface area (Å²) in [6.45, 7) is 1.84. The topological polar surface area (TPSA) is 72.5 Å². The van der Waals surface area contributed by atoms with Crippen LogP contribution in [0, 0.1) is 11.6 Å². The summed E-state index contributed by atoms with van der Waals surface area (Å²) in [4.78, 5) is 11.3. The standard InChI is InChI=1S/C15H13F2NO4S/c1-2-22-15(19)10-3-6-12(7-4-10)23(20,21)18-14-9-11(16)5-8-13(14)17/h3-9,18H,2H2,1H3. The predicted octanol–water partition coefficient (Wildman–Crippen LogP) is 2.94. The second-order valence-corrected chi connectivity index (χ2v) is 6.16. The number of esters is 1. The fraction of sp³-hybridized carbons (Fsp3) is 0.133. The van der Waals surface area contributed by atoms with Gasteiger partial charge in [0.05, 0.1) is 22.8 Å². The Balaban J connectivity index is 2.26. The maximum absolute atomic E-state index is 13.5. The average molecular weight is 341 g/mol. The van der Waals surface area contributed by atoms with Crippen molar-refractivity contribution in [2.75, 3.05) is 11.3 Å². The van der Waals surface area contributed by atoms with E-state index in [-0.39, 0.29) is 17.1 Å². The van der Waals surface area contributed by atoms with Gasteiger partial charge >= 0.3 is 5.97 Å². The summed E-state index contributed by atoms with van der Waals surface area (Å²) in [6.07, 6.45) is 0. The number of hydrogen-bond donors (Lipinski definition) is 1. The molecule has 23 heavy (non-hydrogen) atoms. The summed E-state index contributed by atoms with van der Waals surface area (Å²) in [5.41, 5.74) is -0.317. The Morgan fingerprint density at radius 2 is 1.78 bits per heavy atom. The number of halogens is 2. The molecule has 0 bridgehead atoms. The number of anilines is 1. The maximum Gasteiger partial charge on any atom is 0.338 e. The van der Waals surface area contributed by atoms with Crippen LogP contribution in [0.3, 0.4) is 0 Å². The van der Waals surface area contributed by atoms with Crippen molar-refractivity contribution in [3.63, 3.8) is 0 Å². The van der Waals surface area contributed by atoms with E-state index in [9.17, 15) is 22.0 Å². The Hall–Kier alpha value is -2.48. The van der Waals surface area contributed by atoms with Crippen LogP contribution >= 0.6 is 0 Å². The van der Waals surface area contributed by atoms with Gasteiger partial charge in [-0.15, -0.1) is 0 Å². The lowest BCUT2D eigenvalue weighted by Crippen LogP contribution is -2.14.